The van der Waals surface area contributed by atoms with Crippen LogP contribution in [-0.2, 0) is 6.54 Å². The molecule has 0 fully saturated rings. The fourth-order valence-electron chi connectivity index (χ4n) is 1.40. The molecule has 0 aliphatic carbocycles. The zero-order chi connectivity index (χ0) is 8.55. The Kier molecular flexibility index (Phi) is 1.62. The third-order valence-electron chi connectivity index (χ3n) is 1.99. The van der Waals surface area contributed by atoms with Crippen LogP contribution in [0.4, 0.5) is 5.69 Å². The Hall–Kier alpha value is -1.28. The van der Waals surface area contributed by atoms with Gasteiger partial charge in [-0.2, -0.15) is 0 Å². The Morgan fingerprint density at radius 1 is 1.42 bits per heavy atom. The van der Waals surface area contributed by atoms with Gasteiger partial charge >= 0.3 is 0 Å². The van der Waals surface area contributed by atoms with Crippen LogP contribution in [0.25, 0.3) is 6.08 Å². The average Bonchev–Trinajstić information content (AvgIpc) is 2.43. The van der Waals surface area contributed by atoms with Crippen LogP contribution in [0.3, 0.4) is 0 Å². The fourth-order valence-corrected chi connectivity index (χ4v) is 1.40. The van der Waals surface area contributed by atoms with E-state index in [0.29, 0.717) is 6.54 Å². The van der Waals surface area contributed by atoms with Gasteiger partial charge in [-0.25, -0.2) is 0 Å². The third kappa shape index (κ3) is 1.10. The molecule has 0 amide bonds. The van der Waals surface area contributed by atoms with Gasteiger partial charge in [0.1, 0.15) is 0 Å². The van der Waals surface area contributed by atoms with Crippen LogP contribution >= 0.6 is 0 Å². The summed E-state index contributed by atoms with van der Waals surface area (Å²) in [5.41, 5.74) is 10.0. The first-order valence-electron chi connectivity index (χ1n) is 4.02. The molecule has 0 saturated heterocycles. The van der Waals surface area contributed by atoms with E-state index in [-0.39, 0.29) is 0 Å². The quantitative estimate of drug-likeness (QED) is 0.666. The molecule has 0 atom stereocenters. The lowest BCUT2D eigenvalue weighted by Gasteiger charge is -2.00. The summed E-state index contributed by atoms with van der Waals surface area (Å²) in [6.07, 6.45) is 2.08. The summed E-state index contributed by atoms with van der Waals surface area (Å²) in [5.74, 6) is 0. The van der Waals surface area contributed by atoms with Gasteiger partial charge in [-0.3, -0.25) is 5.32 Å². The van der Waals surface area contributed by atoms with Gasteiger partial charge in [-0.15, -0.1) is 0 Å². The highest BCUT2D eigenvalue weighted by atomic mass is 14.9. The summed E-state index contributed by atoms with van der Waals surface area (Å²) in [7, 11) is 0. The van der Waals surface area contributed by atoms with E-state index >= 15 is 0 Å². The van der Waals surface area contributed by atoms with Gasteiger partial charge in [-0.05, 0) is 30.7 Å². The molecule has 2 N–H and O–H groups in total. The van der Waals surface area contributed by atoms with Crippen molar-refractivity contribution in [3.63, 3.8) is 0 Å². The van der Waals surface area contributed by atoms with Crippen molar-refractivity contribution in [2.24, 2.45) is 5.73 Å². The van der Waals surface area contributed by atoms with Crippen LogP contribution in [0.5, 0.6) is 0 Å². The lowest BCUT2D eigenvalue weighted by Crippen LogP contribution is -1.96. The molecule has 0 bridgehead atoms. The van der Waals surface area contributed by atoms with E-state index in [2.05, 4.69) is 17.5 Å². The summed E-state index contributed by atoms with van der Waals surface area (Å²) >= 11 is 0. The molecular formula is C10H11N2. The summed E-state index contributed by atoms with van der Waals surface area (Å²) in [6, 6.07) is 6.13. The van der Waals surface area contributed by atoms with Crippen molar-refractivity contribution in [1.82, 2.24) is 5.32 Å². The maximum Gasteiger partial charge on any atom is 0.0706 e. The summed E-state index contributed by atoms with van der Waals surface area (Å²) < 4.78 is 0. The van der Waals surface area contributed by atoms with E-state index in [1.165, 1.54) is 5.56 Å². The van der Waals surface area contributed by atoms with Crippen molar-refractivity contribution in [3.05, 3.63) is 35.0 Å². The molecule has 1 aliphatic heterocycles. The molecule has 0 saturated carbocycles. The zero-order valence-electron chi connectivity index (χ0n) is 7.04. The molecular weight excluding hydrogens is 148 g/mol. The van der Waals surface area contributed by atoms with Crippen LogP contribution in [0, 0.1) is 0 Å². The number of rotatable bonds is 1. The van der Waals surface area contributed by atoms with E-state index in [1.54, 1.807) is 0 Å². The van der Waals surface area contributed by atoms with Crippen LogP contribution in [0.1, 0.15) is 18.1 Å². The lowest BCUT2D eigenvalue weighted by molar-refractivity contribution is 1.06. The predicted octanol–water partition coefficient (Wildman–Crippen LogP) is 1.76. The Morgan fingerprint density at radius 3 is 3.00 bits per heavy atom. The van der Waals surface area contributed by atoms with Gasteiger partial charge < -0.3 is 5.73 Å². The van der Waals surface area contributed by atoms with Crippen molar-refractivity contribution in [2.45, 2.75) is 13.5 Å². The molecule has 0 aromatic heterocycles. The minimum Gasteiger partial charge on any atom is -0.326 e. The number of hydrogen-bond acceptors (Lipinski definition) is 1. The Balaban J connectivity index is 2.45. The van der Waals surface area contributed by atoms with Gasteiger partial charge in [-0.1, -0.05) is 6.07 Å². The monoisotopic (exact) mass is 159 g/mol. The highest BCUT2D eigenvalue weighted by molar-refractivity contribution is 5.71. The minimum absolute atomic E-state index is 0.597. The zero-order valence-corrected chi connectivity index (χ0v) is 7.04. The molecule has 2 rings (SSSR count). The largest absolute Gasteiger partial charge is 0.326 e. The number of hydrogen-bond donors (Lipinski definition) is 1. The standard InChI is InChI=1S/C10H11N2/c1-7-4-9-5-8(6-11)2-3-10(9)12-7/h2-5H,6,11H2,1H3. The smallest absolute Gasteiger partial charge is 0.0706 e. The third-order valence-corrected chi connectivity index (χ3v) is 1.99. The number of benzene rings is 1. The molecule has 12 heavy (non-hydrogen) atoms. The topological polar surface area (TPSA) is 40.1 Å². The van der Waals surface area contributed by atoms with Crippen LogP contribution in [0.2, 0.25) is 0 Å². The van der Waals surface area contributed by atoms with Crippen molar-refractivity contribution in [1.29, 1.82) is 0 Å². The number of fused-ring (bicyclic) bond motifs is 1. The van der Waals surface area contributed by atoms with E-state index in [4.69, 9.17) is 5.73 Å². The number of nitrogens with two attached hydrogens (primary N) is 1. The second kappa shape index (κ2) is 2.64. The van der Waals surface area contributed by atoms with Crippen LogP contribution < -0.4 is 11.1 Å². The first-order chi connectivity index (χ1) is 5.79. The summed E-state index contributed by atoms with van der Waals surface area (Å²) in [6.45, 7) is 2.60. The fraction of sp³-hybridized carbons (Fsp3) is 0.200. The lowest BCUT2D eigenvalue weighted by atomic mass is 10.1. The Morgan fingerprint density at radius 2 is 2.25 bits per heavy atom. The van der Waals surface area contributed by atoms with Gasteiger partial charge in [0.2, 0.25) is 0 Å². The SMILES string of the molecule is CC1=Cc2cc(CN)ccc2[N]1. The molecule has 1 aliphatic rings. The van der Waals surface area contributed by atoms with E-state index in [0.717, 1.165) is 16.9 Å². The first kappa shape index (κ1) is 7.37. The molecule has 0 unspecified atom stereocenters. The molecule has 1 heterocycles. The van der Waals surface area contributed by atoms with Crippen molar-refractivity contribution < 1.29 is 0 Å². The van der Waals surface area contributed by atoms with Gasteiger partial charge in [0.05, 0.1) is 5.69 Å². The molecule has 1 aromatic carbocycles. The number of allylic oxidation sites excluding steroid dienone is 1. The van der Waals surface area contributed by atoms with Gasteiger partial charge in [0.25, 0.3) is 0 Å². The predicted molar refractivity (Wildman–Crippen MR) is 49.8 cm³/mol. The maximum atomic E-state index is 5.53. The Labute approximate surface area is 72.1 Å². The molecule has 61 valence electrons. The van der Waals surface area contributed by atoms with Crippen molar-refractivity contribution >= 4 is 11.8 Å². The molecule has 2 heteroatoms. The average molecular weight is 159 g/mol. The molecule has 1 radical (unpaired) electrons. The first-order valence-corrected chi connectivity index (χ1v) is 4.02. The van der Waals surface area contributed by atoms with E-state index in [1.807, 2.05) is 19.1 Å². The minimum atomic E-state index is 0.597. The van der Waals surface area contributed by atoms with Crippen LogP contribution in [-0.4, -0.2) is 0 Å². The molecule has 2 nitrogen and oxygen atoms in total. The Bertz CT molecular complexity index is 340. The van der Waals surface area contributed by atoms with E-state index < -0.39 is 0 Å². The number of nitrogens with zero attached hydrogens (tertiary/aromatic N) is 1. The highest BCUT2D eigenvalue weighted by Crippen LogP contribution is 2.27. The van der Waals surface area contributed by atoms with E-state index in [9.17, 15) is 0 Å². The summed E-state index contributed by atoms with van der Waals surface area (Å²) in [5, 5.41) is 4.35. The summed E-state index contributed by atoms with van der Waals surface area (Å²) in [4.78, 5) is 0. The van der Waals surface area contributed by atoms with Crippen LogP contribution in [0.15, 0.2) is 23.9 Å². The highest BCUT2D eigenvalue weighted by Gasteiger charge is 2.09. The normalized spacial score (nSPS) is 13.7. The van der Waals surface area contributed by atoms with Gasteiger partial charge in [0.15, 0.2) is 0 Å². The van der Waals surface area contributed by atoms with Gasteiger partial charge in [0, 0.05) is 17.8 Å². The van der Waals surface area contributed by atoms with Crippen molar-refractivity contribution in [2.75, 3.05) is 0 Å². The maximum absolute atomic E-state index is 5.53. The molecule has 0 spiro atoms. The second-order valence-corrected chi connectivity index (χ2v) is 2.99. The molecule has 1 aromatic rings. The second-order valence-electron chi connectivity index (χ2n) is 2.99. The van der Waals surface area contributed by atoms with Crippen molar-refractivity contribution in [3.8, 4) is 0 Å².